The average molecular weight is 298 g/mol. The molecule has 0 aliphatic rings. The SMILES string of the molecule is Cc1cc(C(=O)O)nc(Nc2ccc(Cl)cc2Cl)n1. The van der Waals surface area contributed by atoms with Gasteiger partial charge in [-0.25, -0.2) is 14.8 Å². The first-order valence-corrected chi connectivity index (χ1v) is 6.02. The number of anilines is 2. The minimum Gasteiger partial charge on any atom is -0.477 e. The summed E-state index contributed by atoms with van der Waals surface area (Å²) in [6.07, 6.45) is 0. The Morgan fingerprint density at radius 2 is 2.00 bits per heavy atom. The summed E-state index contributed by atoms with van der Waals surface area (Å²) in [5, 5.41) is 12.7. The molecule has 19 heavy (non-hydrogen) atoms. The van der Waals surface area contributed by atoms with E-state index in [2.05, 4.69) is 15.3 Å². The zero-order valence-corrected chi connectivity index (χ0v) is 11.3. The number of aryl methyl sites for hydroxylation is 1. The Bertz CT molecular complexity index is 647. The Labute approximate surface area is 119 Å². The van der Waals surface area contributed by atoms with Gasteiger partial charge >= 0.3 is 5.97 Å². The second kappa shape index (κ2) is 5.42. The van der Waals surface area contributed by atoms with Crippen molar-refractivity contribution in [1.82, 2.24) is 9.97 Å². The van der Waals surface area contributed by atoms with E-state index in [-0.39, 0.29) is 11.6 Å². The molecule has 2 aromatic rings. The van der Waals surface area contributed by atoms with E-state index in [0.717, 1.165) is 0 Å². The second-order valence-corrected chi connectivity index (χ2v) is 4.62. The summed E-state index contributed by atoms with van der Waals surface area (Å²) in [4.78, 5) is 18.9. The number of nitrogens with zero attached hydrogens (tertiary/aromatic N) is 2. The monoisotopic (exact) mass is 297 g/mol. The van der Waals surface area contributed by atoms with E-state index in [1.807, 2.05) is 0 Å². The molecule has 1 heterocycles. The van der Waals surface area contributed by atoms with Gasteiger partial charge in [0.25, 0.3) is 0 Å². The fourth-order valence-corrected chi connectivity index (χ4v) is 1.90. The van der Waals surface area contributed by atoms with Crippen LogP contribution >= 0.6 is 23.2 Å². The molecule has 2 N–H and O–H groups in total. The number of hydrogen-bond donors (Lipinski definition) is 2. The summed E-state index contributed by atoms with van der Waals surface area (Å²) in [6, 6.07) is 6.27. The van der Waals surface area contributed by atoms with Gasteiger partial charge in [-0.15, -0.1) is 0 Å². The van der Waals surface area contributed by atoms with Gasteiger partial charge in [0.05, 0.1) is 10.7 Å². The van der Waals surface area contributed by atoms with E-state index >= 15 is 0 Å². The first-order valence-electron chi connectivity index (χ1n) is 5.27. The molecule has 5 nitrogen and oxygen atoms in total. The van der Waals surface area contributed by atoms with Crippen molar-refractivity contribution in [3.05, 3.63) is 45.7 Å². The Hall–Kier alpha value is -1.85. The van der Waals surface area contributed by atoms with E-state index in [1.54, 1.807) is 25.1 Å². The molecule has 0 atom stereocenters. The third-order valence-electron chi connectivity index (χ3n) is 2.25. The number of hydrogen-bond acceptors (Lipinski definition) is 4. The highest BCUT2D eigenvalue weighted by molar-refractivity contribution is 6.36. The zero-order chi connectivity index (χ0) is 14.0. The lowest BCUT2D eigenvalue weighted by Crippen LogP contribution is -2.06. The first-order chi connectivity index (χ1) is 8.95. The number of carboxylic acid groups (broad SMARTS) is 1. The van der Waals surface area contributed by atoms with Crippen molar-refractivity contribution in [1.29, 1.82) is 0 Å². The van der Waals surface area contributed by atoms with Crippen molar-refractivity contribution in [2.75, 3.05) is 5.32 Å². The molecule has 0 fully saturated rings. The van der Waals surface area contributed by atoms with Crippen LogP contribution in [-0.2, 0) is 0 Å². The quantitative estimate of drug-likeness (QED) is 0.906. The van der Waals surface area contributed by atoms with Crippen molar-refractivity contribution in [2.45, 2.75) is 6.92 Å². The molecule has 98 valence electrons. The van der Waals surface area contributed by atoms with Crippen LogP contribution in [0, 0.1) is 6.92 Å². The first kappa shape index (κ1) is 13.6. The maximum atomic E-state index is 10.9. The van der Waals surface area contributed by atoms with Crippen LogP contribution in [0.25, 0.3) is 0 Å². The highest BCUT2D eigenvalue weighted by Crippen LogP contribution is 2.27. The summed E-state index contributed by atoms with van der Waals surface area (Å²) < 4.78 is 0. The summed E-state index contributed by atoms with van der Waals surface area (Å²) in [7, 11) is 0. The van der Waals surface area contributed by atoms with E-state index in [9.17, 15) is 4.79 Å². The fourth-order valence-electron chi connectivity index (χ4n) is 1.45. The highest BCUT2D eigenvalue weighted by Gasteiger charge is 2.10. The number of nitrogens with one attached hydrogen (secondary N) is 1. The van der Waals surface area contributed by atoms with Crippen LogP contribution in [0.5, 0.6) is 0 Å². The molecular weight excluding hydrogens is 289 g/mol. The topological polar surface area (TPSA) is 75.1 Å². The number of rotatable bonds is 3. The lowest BCUT2D eigenvalue weighted by Gasteiger charge is -2.08. The molecule has 0 spiro atoms. The van der Waals surface area contributed by atoms with Gasteiger partial charge in [0.15, 0.2) is 5.69 Å². The minimum absolute atomic E-state index is 0.0833. The molecule has 0 aliphatic carbocycles. The molecule has 0 aliphatic heterocycles. The predicted molar refractivity (Wildman–Crippen MR) is 73.5 cm³/mol. The summed E-state index contributed by atoms with van der Waals surface area (Å²) in [5.41, 5.74) is 1.01. The minimum atomic E-state index is -1.12. The van der Waals surface area contributed by atoms with Gasteiger partial charge in [0.2, 0.25) is 5.95 Å². The molecule has 0 saturated carbocycles. The van der Waals surface area contributed by atoms with Gasteiger partial charge in [0, 0.05) is 10.7 Å². The third kappa shape index (κ3) is 3.33. The fraction of sp³-hybridized carbons (Fsp3) is 0.0833. The van der Waals surface area contributed by atoms with Gasteiger partial charge in [-0.05, 0) is 31.2 Å². The van der Waals surface area contributed by atoms with Gasteiger partial charge in [-0.1, -0.05) is 23.2 Å². The Kier molecular flexibility index (Phi) is 3.87. The molecule has 7 heteroatoms. The second-order valence-electron chi connectivity index (χ2n) is 3.77. The number of carboxylic acids is 1. The standard InChI is InChI=1S/C12H9Cl2N3O2/c1-6-4-10(11(18)19)17-12(15-6)16-9-3-2-7(13)5-8(9)14/h2-5H,1H3,(H,18,19)(H,15,16,17). The van der Waals surface area contributed by atoms with Crippen molar-refractivity contribution in [3.8, 4) is 0 Å². The molecule has 0 saturated heterocycles. The normalized spacial score (nSPS) is 10.3. The van der Waals surface area contributed by atoms with Crippen LogP contribution in [0.4, 0.5) is 11.6 Å². The summed E-state index contributed by atoms with van der Waals surface area (Å²) >= 11 is 11.8. The van der Waals surface area contributed by atoms with Gasteiger partial charge in [-0.3, -0.25) is 0 Å². The summed E-state index contributed by atoms with van der Waals surface area (Å²) in [6.45, 7) is 1.68. The highest BCUT2D eigenvalue weighted by atomic mass is 35.5. The lowest BCUT2D eigenvalue weighted by molar-refractivity contribution is 0.0690. The largest absolute Gasteiger partial charge is 0.477 e. The van der Waals surface area contributed by atoms with Gasteiger partial charge in [0.1, 0.15) is 0 Å². The van der Waals surface area contributed by atoms with Crippen molar-refractivity contribution in [2.24, 2.45) is 0 Å². The van der Waals surface area contributed by atoms with Crippen LogP contribution in [0.1, 0.15) is 16.2 Å². The van der Waals surface area contributed by atoms with Crippen LogP contribution in [0.15, 0.2) is 24.3 Å². The van der Waals surface area contributed by atoms with Crippen LogP contribution in [0.2, 0.25) is 10.0 Å². The number of benzene rings is 1. The molecule has 0 radical (unpaired) electrons. The lowest BCUT2D eigenvalue weighted by atomic mass is 10.3. The maximum Gasteiger partial charge on any atom is 0.354 e. The smallest absolute Gasteiger partial charge is 0.354 e. The van der Waals surface area contributed by atoms with Crippen LogP contribution in [0.3, 0.4) is 0 Å². The Morgan fingerprint density at radius 3 is 2.63 bits per heavy atom. The van der Waals surface area contributed by atoms with Gasteiger partial charge < -0.3 is 10.4 Å². The van der Waals surface area contributed by atoms with Crippen molar-refractivity contribution in [3.63, 3.8) is 0 Å². The maximum absolute atomic E-state index is 10.9. The average Bonchev–Trinajstić information content (AvgIpc) is 2.32. The zero-order valence-electron chi connectivity index (χ0n) is 9.82. The Morgan fingerprint density at radius 1 is 1.26 bits per heavy atom. The van der Waals surface area contributed by atoms with E-state index in [4.69, 9.17) is 28.3 Å². The third-order valence-corrected chi connectivity index (χ3v) is 2.80. The van der Waals surface area contributed by atoms with Crippen LogP contribution < -0.4 is 5.32 Å². The van der Waals surface area contributed by atoms with Gasteiger partial charge in [-0.2, -0.15) is 0 Å². The number of carbonyl (C=O) groups is 1. The van der Waals surface area contributed by atoms with Crippen molar-refractivity contribution >= 4 is 40.8 Å². The van der Waals surface area contributed by atoms with E-state index < -0.39 is 5.97 Å². The molecule has 0 bridgehead atoms. The summed E-state index contributed by atoms with van der Waals surface area (Å²) in [5.74, 6) is -0.947. The van der Waals surface area contributed by atoms with Crippen molar-refractivity contribution < 1.29 is 9.90 Å². The number of halogens is 2. The molecule has 1 aromatic heterocycles. The Balaban J connectivity index is 2.35. The van der Waals surface area contributed by atoms with Crippen LogP contribution in [-0.4, -0.2) is 21.0 Å². The number of aromatic carboxylic acids is 1. The molecule has 0 amide bonds. The molecular formula is C12H9Cl2N3O2. The molecule has 1 aromatic carbocycles. The molecule has 2 rings (SSSR count). The predicted octanol–water partition coefficient (Wildman–Crippen LogP) is 3.53. The van der Waals surface area contributed by atoms with E-state index in [0.29, 0.717) is 21.4 Å². The number of aromatic nitrogens is 2. The van der Waals surface area contributed by atoms with E-state index in [1.165, 1.54) is 6.07 Å². The molecule has 0 unspecified atom stereocenters.